The van der Waals surface area contributed by atoms with Crippen LogP contribution in [0.2, 0.25) is 0 Å². The van der Waals surface area contributed by atoms with Crippen LogP contribution in [0.3, 0.4) is 0 Å². The average molecular weight is 295 g/mol. The van der Waals surface area contributed by atoms with Gasteiger partial charge in [0.2, 0.25) is 0 Å². The second-order valence-electron chi connectivity index (χ2n) is 6.37. The maximum Gasteiger partial charge on any atom is 0.126 e. The van der Waals surface area contributed by atoms with Crippen molar-refractivity contribution in [2.24, 2.45) is 5.92 Å². The Balaban J connectivity index is 2.61. The molecular weight excluding hydrogens is 265 g/mol. The van der Waals surface area contributed by atoms with Gasteiger partial charge in [0.05, 0.1) is 5.60 Å². The number of benzene rings is 1. The molecule has 0 saturated heterocycles. The Morgan fingerprint density at radius 2 is 2.00 bits per heavy atom. The molecule has 1 atom stereocenters. The summed E-state index contributed by atoms with van der Waals surface area (Å²) in [7, 11) is 1.75. The standard InChI is InChI=1S/C18H30FNO/c1-5-12-20-14-15(10-11-18(2,3)21-4)13-16-8-6-7-9-17(16)19/h6-9,15,20H,5,10-14H2,1-4H3. The van der Waals surface area contributed by atoms with E-state index < -0.39 is 0 Å². The lowest BCUT2D eigenvalue weighted by Gasteiger charge is -2.26. The smallest absolute Gasteiger partial charge is 0.126 e. The summed E-state index contributed by atoms with van der Waals surface area (Å²) < 4.78 is 19.3. The predicted octanol–water partition coefficient (Wildman–Crippen LogP) is 4.19. The van der Waals surface area contributed by atoms with Gasteiger partial charge in [-0.3, -0.25) is 0 Å². The van der Waals surface area contributed by atoms with Gasteiger partial charge in [-0.2, -0.15) is 0 Å². The molecule has 0 aliphatic carbocycles. The lowest BCUT2D eigenvalue weighted by molar-refractivity contribution is 0.0103. The molecule has 1 aromatic carbocycles. The van der Waals surface area contributed by atoms with Gasteiger partial charge < -0.3 is 10.1 Å². The Labute approximate surface area is 129 Å². The second kappa shape index (κ2) is 9.16. The molecule has 0 fully saturated rings. The Morgan fingerprint density at radius 1 is 1.29 bits per heavy atom. The highest BCUT2D eigenvalue weighted by Gasteiger charge is 2.20. The van der Waals surface area contributed by atoms with Crippen molar-refractivity contribution in [3.63, 3.8) is 0 Å². The number of hydrogen-bond acceptors (Lipinski definition) is 2. The van der Waals surface area contributed by atoms with E-state index in [2.05, 4.69) is 26.1 Å². The van der Waals surface area contributed by atoms with Crippen molar-refractivity contribution in [3.05, 3.63) is 35.6 Å². The van der Waals surface area contributed by atoms with Crippen LogP contribution in [0.25, 0.3) is 0 Å². The van der Waals surface area contributed by atoms with Crippen molar-refractivity contribution >= 4 is 0 Å². The van der Waals surface area contributed by atoms with E-state index in [9.17, 15) is 4.39 Å². The zero-order valence-electron chi connectivity index (χ0n) is 13.9. The van der Waals surface area contributed by atoms with Crippen LogP contribution in [0, 0.1) is 11.7 Å². The molecule has 0 saturated carbocycles. The van der Waals surface area contributed by atoms with Crippen molar-refractivity contribution in [1.82, 2.24) is 5.32 Å². The topological polar surface area (TPSA) is 21.3 Å². The number of hydrogen-bond donors (Lipinski definition) is 1. The lowest BCUT2D eigenvalue weighted by atomic mass is 9.90. The fourth-order valence-corrected chi connectivity index (χ4v) is 2.39. The largest absolute Gasteiger partial charge is 0.379 e. The van der Waals surface area contributed by atoms with Crippen LogP contribution in [-0.2, 0) is 11.2 Å². The number of halogens is 1. The molecule has 3 heteroatoms. The maximum absolute atomic E-state index is 13.8. The van der Waals surface area contributed by atoms with Crippen molar-refractivity contribution < 1.29 is 9.13 Å². The quantitative estimate of drug-likeness (QED) is 0.654. The first-order chi connectivity index (χ1) is 9.98. The number of ether oxygens (including phenoxy) is 1. The summed E-state index contributed by atoms with van der Waals surface area (Å²) >= 11 is 0. The molecule has 2 nitrogen and oxygen atoms in total. The Kier molecular flexibility index (Phi) is 7.91. The fraction of sp³-hybridized carbons (Fsp3) is 0.667. The first kappa shape index (κ1) is 18.1. The van der Waals surface area contributed by atoms with Crippen LogP contribution in [0.4, 0.5) is 4.39 Å². The minimum Gasteiger partial charge on any atom is -0.379 e. The van der Waals surface area contributed by atoms with Crippen LogP contribution in [0.5, 0.6) is 0 Å². The van der Waals surface area contributed by atoms with E-state index in [0.29, 0.717) is 5.92 Å². The highest BCUT2D eigenvalue weighted by atomic mass is 19.1. The van der Waals surface area contributed by atoms with E-state index in [-0.39, 0.29) is 11.4 Å². The van der Waals surface area contributed by atoms with E-state index in [1.807, 2.05) is 12.1 Å². The zero-order chi connectivity index (χ0) is 15.7. The second-order valence-corrected chi connectivity index (χ2v) is 6.37. The third-order valence-corrected chi connectivity index (χ3v) is 4.03. The average Bonchev–Trinajstić information content (AvgIpc) is 2.47. The van der Waals surface area contributed by atoms with Crippen LogP contribution in [0.1, 0.15) is 45.6 Å². The molecule has 1 aromatic rings. The molecule has 0 heterocycles. The van der Waals surface area contributed by atoms with Crippen molar-refractivity contribution in [3.8, 4) is 0 Å². The molecule has 1 rings (SSSR count). The molecule has 0 aliphatic heterocycles. The minimum absolute atomic E-state index is 0.0935. The SMILES string of the molecule is CCCNCC(CCC(C)(C)OC)Cc1ccccc1F. The molecular formula is C18H30FNO. The Bertz CT molecular complexity index is 406. The van der Waals surface area contributed by atoms with Crippen LogP contribution in [0.15, 0.2) is 24.3 Å². The fourth-order valence-electron chi connectivity index (χ4n) is 2.39. The van der Waals surface area contributed by atoms with Gasteiger partial charge >= 0.3 is 0 Å². The van der Waals surface area contributed by atoms with E-state index in [0.717, 1.165) is 44.3 Å². The molecule has 0 amide bonds. The van der Waals surface area contributed by atoms with E-state index in [1.165, 1.54) is 0 Å². The minimum atomic E-state index is -0.113. The molecule has 0 aromatic heterocycles. The van der Waals surface area contributed by atoms with E-state index in [1.54, 1.807) is 19.2 Å². The summed E-state index contributed by atoms with van der Waals surface area (Å²) in [4.78, 5) is 0. The van der Waals surface area contributed by atoms with Crippen LogP contribution >= 0.6 is 0 Å². The Morgan fingerprint density at radius 3 is 2.62 bits per heavy atom. The molecule has 0 radical (unpaired) electrons. The van der Waals surface area contributed by atoms with Gasteiger partial charge in [0.1, 0.15) is 5.82 Å². The number of rotatable bonds is 10. The van der Waals surface area contributed by atoms with Gasteiger partial charge in [-0.05, 0) is 70.2 Å². The predicted molar refractivity (Wildman–Crippen MR) is 87.1 cm³/mol. The number of nitrogens with one attached hydrogen (secondary N) is 1. The summed E-state index contributed by atoms with van der Waals surface area (Å²) in [5, 5.41) is 3.47. The molecule has 0 spiro atoms. The van der Waals surface area contributed by atoms with Crippen LogP contribution in [-0.4, -0.2) is 25.8 Å². The number of methoxy groups -OCH3 is 1. The summed E-state index contributed by atoms with van der Waals surface area (Å²) in [5.41, 5.74) is 0.703. The van der Waals surface area contributed by atoms with Crippen molar-refractivity contribution in [2.45, 2.75) is 52.1 Å². The van der Waals surface area contributed by atoms with E-state index in [4.69, 9.17) is 4.74 Å². The molecule has 1 N–H and O–H groups in total. The zero-order valence-corrected chi connectivity index (χ0v) is 13.9. The molecule has 21 heavy (non-hydrogen) atoms. The molecule has 0 aliphatic rings. The third-order valence-electron chi connectivity index (χ3n) is 4.03. The third kappa shape index (κ3) is 7.05. The van der Waals surface area contributed by atoms with Gasteiger partial charge in [0, 0.05) is 7.11 Å². The van der Waals surface area contributed by atoms with E-state index >= 15 is 0 Å². The van der Waals surface area contributed by atoms with Crippen molar-refractivity contribution in [1.29, 1.82) is 0 Å². The first-order valence-electron chi connectivity index (χ1n) is 7.97. The monoisotopic (exact) mass is 295 g/mol. The first-order valence-corrected chi connectivity index (χ1v) is 7.97. The van der Waals surface area contributed by atoms with Gasteiger partial charge in [-0.1, -0.05) is 25.1 Å². The Hall–Kier alpha value is -0.930. The highest BCUT2D eigenvalue weighted by molar-refractivity contribution is 5.17. The molecule has 1 unspecified atom stereocenters. The summed E-state index contributed by atoms with van der Waals surface area (Å²) in [6.07, 6.45) is 3.92. The summed E-state index contributed by atoms with van der Waals surface area (Å²) in [5.74, 6) is 0.340. The van der Waals surface area contributed by atoms with Gasteiger partial charge in [-0.15, -0.1) is 0 Å². The molecule has 0 bridgehead atoms. The summed E-state index contributed by atoms with van der Waals surface area (Å²) in [6, 6.07) is 7.10. The highest BCUT2D eigenvalue weighted by Crippen LogP contribution is 2.22. The molecule has 120 valence electrons. The van der Waals surface area contributed by atoms with Gasteiger partial charge in [0.15, 0.2) is 0 Å². The maximum atomic E-state index is 13.8. The van der Waals surface area contributed by atoms with Crippen molar-refractivity contribution in [2.75, 3.05) is 20.2 Å². The summed E-state index contributed by atoms with van der Waals surface area (Å²) in [6.45, 7) is 8.32. The lowest BCUT2D eigenvalue weighted by Crippen LogP contribution is -2.29. The van der Waals surface area contributed by atoms with Crippen LogP contribution < -0.4 is 5.32 Å². The normalized spacial score (nSPS) is 13.4. The van der Waals surface area contributed by atoms with Gasteiger partial charge in [-0.25, -0.2) is 4.39 Å². The van der Waals surface area contributed by atoms with Gasteiger partial charge in [0.25, 0.3) is 0 Å².